The Kier molecular flexibility index (Phi) is 6.50. The lowest BCUT2D eigenvalue weighted by atomic mass is 10.2. The maximum atomic E-state index is 9.33. The van der Waals surface area contributed by atoms with Crippen LogP contribution in [-0.2, 0) is 0 Å². The summed E-state index contributed by atoms with van der Waals surface area (Å²) in [6.07, 6.45) is 4.45. The molecule has 0 bridgehead atoms. The predicted octanol–water partition coefficient (Wildman–Crippen LogP) is 3.52. The Hall–Kier alpha value is -3.50. The van der Waals surface area contributed by atoms with E-state index in [0.717, 1.165) is 30.8 Å². The van der Waals surface area contributed by atoms with Crippen molar-refractivity contribution < 1.29 is 0 Å². The van der Waals surface area contributed by atoms with Gasteiger partial charge in [-0.3, -0.25) is 4.98 Å². The van der Waals surface area contributed by atoms with Gasteiger partial charge in [-0.05, 0) is 51.3 Å². The Balaban J connectivity index is 1.88. The Labute approximate surface area is 165 Å². The molecule has 0 amide bonds. The molecule has 28 heavy (non-hydrogen) atoms. The summed E-state index contributed by atoms with van der Waals surface area (Å²) < 4.78 is 0. The van der Waals surface area contributed by atoms with Crippen LogP contribution in [0.2, 0.25) is 0 Å². The third-order valence-electron chi connectivity index (χ3n) is 4.08. The van der Waals surface area contributed by atoms with Crippen molar-refractivity contribution in [2.45, 2.75) is 6.42 Å². The van der Waals surface area contributed by atoms with Crippen molar-refractivity contribution in [3.05, 3.63) is 60.4 Å². The first-order valence-electron chi connectivity index (χ1n) is 9.10. The van der Waals surface area contributed by atoms with Gasteiger partial charge in [0.05, 0.1) is 16.9 Å². The normalized spacial score (nSPS) is 10.5. The van der Waals surface area contributed by atoms with Gasteiger partial charge in [-0.15, -0.1) is 0 Å². The van der Waals surface area contributed by atoms with E-state index in [4.69, 9.17) is 0 Å². The molecular weight excluding hydrogens is 350 g/mol. The standard InChI is InChI=1S/C21H23N7/c1-28(2)13-5-10-24-21-26-19(16-8-11-23-12-9-16)14-20(27-21)25-18-7-4-3-6-17(18)15-22/h3-4,6-9,11-12,14H,5,10,13H2,1-2H3,(H2,24,25,26,27). The molecular formula is C21H23N7. The average molecular weight is 373 g/mol. The largest absolute Gasteiger partial charge is 0.354 e. The molecule has 2 aromatic heterocycles. The summed E-state index contributed by atoms with van der Waals surface area (Å²) in [5.41, 5.74) is 3.00. The molecule has 7 nitrogen and oxygen atoms in total. The summed E-state index contributed by atoms with van der Waals surface area (Å²) in [7, 11) is 4.10. The first-order valence-corrected chi connectivity index (χ1v) is 9.10. The minimum atomic E-state index is 0.546. The van der Waals surface area contributed by atoms with Crippen LogP contribution in [-0.4, -0.2) is 47.0 Å². The molecule has 2 N–H and O–H groups in total. The Morgan fingerprint density at radius 3 is 2.61 bits per heavy atom. The monoisotopic (exact) mass is 373 g/mol. The molecule has 0 fully saturated rings. The first-order chi connectivity index (χ1) is 13.7. The van der Waals surface area contributed by atoms with E-state index in [1.807, 2.05) is 36.4 Å². The molecule has 0 saturated heterocycles. The van der Waals surface area contributed by atoms with E-state index < -0.39 is 0 Å². The average Bonchev–Trinajstić information content (AvgIpc) is 2.72. The highest BCUT2D eigenvalue weighted by Gasteiger charge is 2.09. The smallest absolute Gasteiger partial charge is 0.225 e. The number of aromatic nitrogens is 3. The van der Waals surface area contributed by atoms with Gasteiger partial charge in [0.2, 0.25) is 5.95 Å². The van der Waals surface area contributed by atoms with E-state index in [9.17, 15) is 5.26 Å². The molecule has 0 unspecified atom stereocenters. The second-order valence-corrected chi connectivity index (χ2v) is 6.56. The van der Waals surface area contributed by atoms with E-state index >= 15 is 0 Å². The zero-order valence-electron chi connectivity index (χ0n) is 16.1. The predicted molar refractivity (Wildman–Crippen MR) is 111 cm³/mol. The van der Waals surface area contributed by atoms with E-state index in [2.05, 4.69) is 50.6 Å². The van der Waals surface area contributed by atoms with Crippen molar-refractivity contribution in [2.24, 2.45) is 0 Å². The Morgan fingerprint density at radius 1 is 1.07 bits per heavy atom. The SMILES string of the molecule is CN(C)CCCNc1nc(Nc2ccccc2C#N)cc(-c2ccncc2)n1. The summed E-state index contributed by atoms with van der Waals surface area (Å²) in [5.74, 6) is 1.17. The summed E-state index contributed by atoms with van der Waals surface area (Å²) in [5, 5.41) is 15.9. The molecule has 0 aliphatic carbocycles. The van der Waals surface area contributed by atoms with Gasteiger partial charge in [0.1, 0.15) is 11.9 Å². The molecule has 0 aliphatic heterocycles. The zero-order chi connectivity index (χ0) is 19.8. The van der Waals surface area contributed by atoms with E-state index in [1.165, 1.54) is 0 Å². The number of para-hydroxylation sites is 1. The molecule has 1 aromatic carbocycles. The van der Waals surface area contributed by atoms with Crippen molar-refractivity contribution in [1.29, 1.82) is 5.26 Å². The van der Waals surface area contributed by atoms with Crippen molar-refractivity contribution in [3.8, 4) is 17.3 Å². The first kappa shape index (κ1) is 19.3. The molecule has 3 rings (SSSR count). The van der Waals surface area contributed by atoms with Crippen molar-refractivity contribution in [3.63, 3.8) is 0 Å². The van der Waals surface area contributed by atoms with Gasteiger partial charge in [-0.2, -0.15) is 10.2 Å². The molecule has 0 spiro atoms. The molecule has 7 heteroatoms. The van der Waals surface area contributed by atoms with Gasteiger partial charge in [-0.25, -0.2) is 4.98 Å². The van der Waals surface area contributed by atoms with Crippen LogP contribution in [0.25, 0.3) is 11.3 Å². The highest BCUT2D eigenvalue weighted by Crippen LogP contribution is 2.24. The van der Waals surface area contributed by atoms with E-state index in [-0.39, 0.29) is 0 Å². The molecule has 0 radical (unpaired) electrons. The lowest BCUT2D eigenvalue weighted by Gasteiger charge is -2.13. The number of pyridine rings is 1. The van der Waals surface area contributed by atoms with Gasteiger partial charge in [-0.1, -0.05) is 12.1 Å². The molecule has 0 saturated carbocycles. The maximum absolute atomic E-state index is 9.33. The number of hydrogen-bond acceptors (Lipinski definition) is 7. The van der Waals surface area contributed by atoms with Gasteiger partial charge in [0.25, 0.3) is 0 Å². The zero-order valence-corrected chi connectivity index (χ0v) is 16.1. The number of nitrogens with zero attached hydrogens (tertiary/aromatic N) is 5. The number of nitrogens with one attached hydrogen (secondary N) is 2. The van der Waals surface area contributed by atoms with Gasteiger partial charge < -0.3 is 15.5 Å². The van der Waals surface area contributed by atoms with Crippen LogP contribution in [0.15, 0.2) is 54.9 Å². The molecule has 2 heterocycles. The third kappa shape index (κ3) is 5.25. The van der Waals surface area contributed by atoms with Gasteiger partial charge in [0.15, 0.2) is 0 Å². The van der Waals surface area contributed by atoms with Crippen molar-refractivity contribution in [1.82, 2.24) is 19.9 Å². The number of rotatable bonds is 8. The fourth-order valence-corrected chi connectivity index (χ4v) is 2.68. The lowest BCUT2D eigenvalue weighted by molar-refractivity contribution is 0.405. The quantitative estimate of drug-likeness (QED) is 0.584. The highest BCUT2D eigenvalue weighted by molar-refractivity contribution is 5.69. The summed E-state index contributed by atoms with van der Waals surface area (Å²) in [4.78, 5) is 15.4. The van der Waals surface area contributed by atoms with E-state index in [1.54, 1.807) is 18.5 Å². The topological polar surface area (TPSA) is 89.8 Å². The number of anilines is 3. The van der Waals surface area contributed by atoms with Crippen LogP contribution in [0.3, 0.4) is 0 Å². The lowest BCUT2D eigenvalue weighted by Crippen LogP contribution is -2.17. The summed E-state index contributed by atoms with van der Waals surface area (Å²) in [6.45, 7) is 1.75. The van der Waals surface area contributed by atoms with Crippen LogP contribution < -0.4 is 10.6 Å². The molecule has 3 aromatic rings. The Morgan fingerprint density at radius 2 is 1.86 bits per heavy atom. The number of nitriles is 1. The minimum absolute atomic E-state index is 0.546. The van der Waals surface area contributed by atoms with Gasteiger partial charge >= 0.3 is 0 Å². The number of benzene rings is 1. The highest BCUT2D eigenvalue weighted by atomic mass is 15.1. The van der Waals surface area contributed by atoms with Crippen molar-refractivity contribution >= 4 is 17.5 Å². The Bertz CT molecular complexity index is 948. The van der Waals surface area contributed by atoms with Crippen LogP contribution in [0.4, 0.5) is 17.5 Å². The van der Waals surface area contributed by atoms with Gasteiger partial charge in [0, 0.05) is 30.6 Å². The van der Waals surface area contributed by atoms with Crippen LogP contribution >= 0.6 is 0 Å². The second kappa shape index (κ2) is 9.44. The molecule has 0 atom stereocenters. The number of hydrogen-bond donors (Lipinski definition) is 2. The van der Waals surface area contributed by atoms with Crippen molar-refractivity contribution in [2.75, 3.05) is 37.8 Å². The third-order valence-corrected chi connectivity index (χ3v) is 4.08. The summed E-state index contributed by atoms with van der Waals surface area (Å²) >= 11 is 0. The fraction of sp³-hybridized carbons (Fsp3) is 0.238. The molecule has 142 valence electrons. The molecule has 0 aliphatic rings. The van der Waals surface area contributed by atoms with Crippen LogP contribution in [0.1, 0.15) is 12.0 Å². The van der Waals surface area contributed by atoms with Crippen LogP contribution in [0, 0.1) is 11.3 Å². The second-order valence-electron chi connectivity index (χ2n) is 6.56. The minimum Gasteiger partial charge on any atom is -0.354 e. The fourth-order valence-electron chi connectivity index (χ4n) is 2.68. The maximum Gasteiger partial charge on any atom is 0.225 e. The van der Waals surface area contributed by atoms with E-state index in [0.29, 0.717) is 23.0 Å². The summed E-state index contributed by atoms with van der Waals surface area (Å²) in [6, 6.07) is 15.2. The van der Waals surface area contributed by atoms with Crippen LogP contribution in [0.5, 0.6) is 0 Å².